The highest BCUT2D eigenvalue weighted by Crippen LogP contribution is 2.36. The summed E-state index contributed by atoms with van der Waals surface area (Å²) in [5, 5.41) is 10.6. The molecule has 1 atom stereocenters. The van der Waals surface area contributed by atoms with Crippen molar-refractivity contribution in [2.75, 3.05) is 0 Å². The van der Waals surface area contributed by atoms with Crippen LogP contribution in [0.5, 0.6) is 0 Å². The van der Waals surface area contributed by atoms with Gasteiger partial charge >= 0.3 is 0 Å². The topological polar surface area (TPSA) is 37.3 Å². The molecule has 2 aromatic carbocycles. The fourth-order valence-corrected chi connectivity index (χ4v) is 3.45. The van der Waals surface area contributed by atoms with Crippen LogP contribution >= 0.6 is 0 Å². The summed E-state index contributed by atoms with van der Waals surface area (Å²) in [7, 11) is 0. The number of carbonyl (C=O) groups is 1. The van der Waals surface area contributed by atoms with Crippen LogP contribution in [0.25, 0.3) is 0 Å². The van der Waals surface area contributed by atoms with E-state index in [4.69, 9.17) is 0 Å². The Kier molecular flexibility index (Phi) is 4.69. The van der Waals surface area contributed by atoms with Gasteiger partial charge in [0.05, 0.1) is 0 Å². The van der Waals surface area contributed by atoms with E-state index in [2.05, 4.69) is 6.07 Å². The molecular formula is C20H22O2. The second kappa shape index (κ2) is 6.89. The van der Waals surface area contributed by atoms with Crippen LogP contribution in [0.1, 0.15) is 65.6 Å². The molecule has 0 saturated heterocycles. The maximum absolute atomic E-state index is 12.5. The lowest BCUT2D eigenvalue weighted by atomic mass is 9.80. The highest BCUT2D eigenvalue weighted by atomic mass is 16.3. The van der Waals surface area contributed by atoms with Gasteiger partial charge in [-0.1, -0.05) is 73.9 Å². The van der Waals surface area contributed by atoms with Crippen LogP contribution in [0, 0.1) is 0 Å². The summed E-state index contributed by atoms with van der Waals surface area (Å²) in [5.41, 5.74) is 2.50. The highest BCUT2D eigenvalue weighted by molar-refractivity contribution is 6.00. The minimum atomic E-state index is -1.07. The number of rotatable bonds is 4. The third kappa shape index (κ3) is 3.12. The number of hydrogen-bond donors (Lipinski definition) is 1. The lowest BCUT2D eigenvalue weighted by molar-refractivity contribution is 0.0744. The Hall–Kier alpha value is -1.93. The van der Waals surface area contributed by atoms with Crippen LogP contribution in [-0.4, -0.2) is 10.9 Å². The smallest absolute Gasteiger partial charge is 0.195 e. The first-order valence-corrected chi connectivity index (χ1v) is 8.13. The predicted octanol–water partition coefficient (Wildman–Crippen LogP) is 4.65. The third-order valence-electron chi connectivity index (χ3n) is 4.64. The standard InChI is InChI=1S/C20H22O2/c21-19(16-11-5-2-6-12-16)20(22)18-14-8-7-13-17(18)15-9-3-1-4-10-15/h2,5-8,11-15,20,22H,1,3-4,9-10H2. The van der Waals surface area contributed by atoms with Crippen molar-refractivity contribution in [2.24, 2.45) is 0 Å². The molecule has 0 radical (unpaired) electrons. The zero-order valence-electron chi connectivity index (χ0n) is 12.7. The van der Waals surface area contributed by atoms with E-state index in [0.717, 1.165) is 24.0 Å². The molecule has 1 aliphatic rings. The van der Waals surface area contributed by atoms with Gasteiger partial charge in [-0.15, -0.1) is 0 Å². The molecule has 114 valence electrons. The van der Waals surface area contributed by atoms with Crippen LogP contribution in [0.4, 0.5) is 0 Å². The summed E-state index contributed by atoms with van der Waals surface area (Å²) in [6.45, 7) is 0. The van der Waals surface area contributed by atoms with Gasteiger partial charge in [-0.05, 0) is 29.9 Å². The van der Waals surface area contributed by atoms with E-state index in [9.17, 15) is 9.90 Å². The maximum Gasteiger partial charge on any atom is 0.195 e. The van der Waals surface area contributed by atoms with Crippen molar-refractivity contribution in [1.29, 1.82) is 0 Å². The monoisotopic (exact) mass is 294 g/mol. The molecule has 1 fully saturated rings. The lowest BCUT2D eigenvalue weighted by Crippen LogP contribution is -2.16. The molecule has 2 aromatic rings. The Morgan fingerprint density at radius 1 is 0.909 bits per heavy atom. The first kappa shape index (κ1) is 15.0. The van der Waals surface area contributed by atoms with E-state index in [1.807, 2.05) is 36.4 Å². The van der Waals surface area contributed by atoms with Crippen LogP contribution in [0.2, 0.25) is 0 Å². The van der Waals surface area contributed by atoms with Gasteiger partial charge in [0.2, 0.25) is 0 Å². The van der Waals surface area contributed by atoms with E-state index in [0.29, 0.717) is 11.5 Å². The van der Waals surface area contributed by atoms with Gasteiger partial charge in [-0.3, -0.25) is 4.79 Å². The van der Waals surface area contributed by atoms with Gasteiger partial charge in [-0.25, -0.2) is 0 Å². The van der Waals surface area contributed by atoms with Gasteiger partial charge in [0.15, 0.2) is 5.78 Å². The predicted molar refractivity (Wildman–Crippen MR) is 88.0 cm³/mol. The molecular weight excluding hydrogens is 272 g/mol. The number of hydrogen-bond acceptors (Lipinski definition) is 2. The minimum Gasteiger partial charge on any atom is -0.380 e. The van der Waals surface area contributed by atoms with Gasteiger partial charge in [0.1, 0.15) is 6.10 Å². The third-order valence-corrected chi connectivity index (χ3v) is 4.64. The Bertz CT molecular complexity index is 627. The lowest BCUT2D eigenvalue weighted by Gasteiger charge is -2.25. The Morgan fingerprint density at radius 3 is 2.27 bits per heavy atom. The summed E-state index contributed by atoms with van der Waals surface area (Å²) in [6.07, 6.45) is 5.01. The molecule has 2 heteroatoms. The Morgan fingerprint density at radius 2 is 1.55 bits per heavy atom. The second-order valence-electron chi connectivity index (χ2n) is 6.10. The summed E-state index contributed by atoms with van der Waals surface area (Å²) < 4.78 is 0. The first-order chi connectivity index (χ1) is 10.8. The molecule has 1 N–H and O–H groups in total. The van der Waals surface area contributed by atoms with Crippen molar-refractivity contribution in [1.82, 2.24) is 0 Å². The van der Waals surface area contributed by atoms with Crippen LogP contribution in [0.3, 0.4) is 0 Å². The summed E-state index contributed by atoms with van der Waals surface area (Å²) >= 11 is 0. The zero-order valence-corrected chi connectivity index (χ0v) is 12.7. The molecule has 0 spiro atoms. The van der Waals surface area contributed by atoms with Crippen molar-refractivity contribution < 1.29 is 9.90 Å². The zero-order chi connectivity index (χ0) is 15.4. The van der Waals surface area contributed by atoms with Crippen molar-refractivity contribution >= 4 is 5.78 Å². The molecule has 1 aliphatic carbocycles. The molecule has 0 aromatic heterocycles. The molecule has 0 aliphatic heterocycles. The summed E-state index contributed by atoms with van der Waals surface area (Å²) in [4.78, 5) is 12.5. The SMILES string of the molecule is O=C(c1ccccc1)C(O)c1ccccc1C1CCCCC1. The molecule has 0 amide bonds. The average molecular weight is 294 g/mol. The number of aliphatic hydroxyl groups is 1. The molecule has 2 nitrogen and oxygen atoms in total. The molecule has 1 saturated carbocycles. The number of ketones is 1. The van der Waals surface area contributed by atoms with E-state index < -0.39 is 6.10 Å². The number of Topliss-reactive ketones (excluding diaryl/α,β-unsaturated/α-hetero) is 1. The molecule has 0 heterocycles. The summed E-state index contributed by atoms with van der Waals surface area (Å²) in [6, 6.07) is 16.9. The molecule has 1 unspecified atom stereocenters. The molecule has 22 heavy (non-hydrogen) atoms. The van der Waals surface area contributed by atoms with Crippen molar-refractivity contribution in [3.05, 3.63) is 71.3 Å². The van der Waals surface area contributed by atoms with Crippen LogP contribution in [-0.2, 0) is 0 Å². The van der Waals surface area contributed by atoms with Crippen LogP contribution in [0.15, 0.2) is 54.6 Å². The van der Waals surface area contributed by atoms with Gasteiger partial charge in [0, 0.05) is 5.56 Å². The normalized spacial score (nSPS) is 17.1. The molecule has 0 bridgehead atoms. The van der Waals surface area contributed by atoms with E-state index >= 15 is 0 Å². The minimum absolute atomic E-state index is 0.219. The first-order valence-electron chi connectivity index (χ1n) is 8.13. The highest BCUT2D eigenvalue weighted by Gasteiger charge is 2.25. The fourth-order valence-electron chi connectivity index (χ4n) is 3.45. The Labute approximate surface area is 131 Å². The number of benzene rings is 2. The number of aliphatic hydroxyl groups excluding tert-OH is 1. The Balaban J connectivity index is 1.89. The van der Waals surface area contributed by atoms with Crippen molar-refractivity contribution in [2.45, 2.75) is 44.1 Å². The number of carbonyl (C=O) groups excluding carboxylic acids is 1. The second-order valence-corrected chi connectivity index (χ2v) is 6.10. The fraction of sp³-hybridized carbons (Fsp3) is 0.350. The maximum atomic E-state index is 12.5. The molecule has 3 rings (SSSR count). The van der Waals surface area contributed by atoms with Crippen molar-refractivity contribution in [3.8, 4) is 0 Å². The summed E-state index contributed by atoms with van der Waals surface area (Å²) in [5.74, 6) is 0.257. The average Bonchev–Trinajstić information content (AvgIpc) is 2.62. The van der Waals surface area contributed by atoms with E-state index in [1.165, 1.54) is 19.3 Å². The quantitative estimate of drug-likeness (QED) is 0.833. The van der Waals surface area contributed by atoms with Gasteiger partial charge in [-0.2, -0.15) is 0 Å². The van der Waals surface area contributed by atoms with Crippen molar-refractivity contribution in [3.63, 3.8) is 0 Å². The van der Waals surface area contributed by atoms with E-state index in [1.54, 1.807) is 12.1 Å². The largest absolute Gasteiger partial charge is 0.380 e. The van der Waals surface area contributed by atoms with Gasteiger partial charge < -0.3 is 5.11 Å². The van der Waals surface area contributed by atoms with Gasteiger partial charge in [0.25, 0.3) is 0 Å². The van der Waals surface area contributed by atoms with E-state index in [-0.39, 0.29) is 5.78 Å². The van der Waals surface area contributed by atoms with Crippen LogP contribution < -0.4 is 0 Å².